The number of rotatable bonds is 2. The molecule has 0 aliphatic heterocycles. The Balaban J connectivity index is 1.60. The summed E-state index contributed by atoms with van der Waals surface area (Å²) >= 11 is 0. The van der Waals surface area contributed by atoms with Crippen LogP contribution in [0, 0.1) is 0 Å². The number of carbonyl (C=O) groups excluding carboxylic acids is 1. The monoisotopic (exact) mass is 303 g/mol. The van der Waals surface area contributed by atoms with Crippen molar-refractivity contribution in [2.75, 3.05) is 0 Å². The standard InChI is InChI=1S/C19H17N3O/c23-19(18-12-20-16-9-3-4-10-17(16)21-18)22-15-11-5-7-13-6-1-2-8-14(13)15/h1-4,6,8-10,12,15H,5,7,11H2,(H,22,23)/t15-/m0/s1. The summed E-state index contributed by atoms with van der Waals surface area (Å²) in [5.41, 5.74) is 4.46. The number of carbonyl (C=O) groups is 1. The van der Waals surface area contributed by atoms with Crippen molar-refractivity contribution in [1.82, 2.24) is 15.3 Å². The lowest BCUT2D eigenvalue weighted by Crippen LogP contribution is -2.31. The van der Waals surface area contributed by atoms with E-state index in [2.05, 4.69) is 33.5 Å². The van der Waals surface area contributed by atoms with Gasteiger partial charge in [0.15, 0.2) is 0 Å². The predicted molar refractivity (Wildman–Crippen MR) is 89.1 cm³/mol. The molecule has 3 aromatic rings. The molecule has 1 heterocycles. The van der Waals surface area contributed by atoms with Crippen LogP contribution in [0.3, 0.4) is 0 Å². The second-order valence-electron chi connectivity index (χ2n) is 5.86. The van der Waals surface area contributed by atoms with E-state index in [0.717, 1.165) is 30.3 Å². The maximum Gasteiger partial charge on any atom is 0.271 e. The molecule has 0 saturated heterocycles. The first kappa shape index (κ1) is 13.9. The van der Waals surface area contributed by atoms with E-state index in [4.69, 9.17) is 0 Å². The number of para-hydroxylation sites is 2. The molecule has 0 saturated carbocycles. The smallest absolute Gasteiger partial charge is 0.271 e. The van der Waals surface area contributed by atoms with E-state index in [1.807, 2.05) is 30.3 Å². The minimum Gasteiger partial charge on any atom is -0.344 e. The Labute approximate surface area is 134 Å². The normalized spacial score (nSPS) is 16.8. The predicted octanol–water partition coefficient (Wildman–Crippen LogP) is 3.44. The molecular formula is C19H17N3O. The van der Waals surface area contributed by atoms with Gasteiger partial charge in [-0.2, -0.15) is 0 Å². The van der Waals surface area contributed by atoms with Gasteiger partial charge in [0.05, 0.1) is 23.3 Å². The van der Waals surface area contributed by atoms with Crippen LogP contribution in [0.15, 0.2) is 54.7 Å². The minimum atomic E-state index is -0.162. The van der Waals surface area contributed by atoms with Crippen LogP contribution in [0.2, 0.25) is 0 Å². The molecule has 2 aromatic carbocycles. The third-order valence-electron chi connectivity index (χ3n) is 4.36. The van der Waals surface area contributed by atoms with E-state index in [1.54, 1.807) is 6.20 Å². The Morgan fingerprint density at radius 1 is 1.04 bits per heavy atom. The van der Waals surface area contributed by atoms with Crippen LogP contribution in [-0.2, 0) is 6.42 Å². The lowest BCUT2D eigenvalue weighted by Gasteiger charge is -2.26. The molecule has 0 unspecified atom stereocenters. The second kappa shape index (κ2) is 5.80. The number of nitrogens with zero attached hydrogens (tertiary/aromatic N) is 2. The van der Waals surface area contributed by atoms with Crippen molar-refractivity contribution < 1.29 is 4.79 Å². The molecular weight excluding hydrogens is 286 g/mol. The molecule has 23 heavy (non-hydrogen) atoms. The average molecular weight is 303 g/mol. The highest BCUT2D eigenvalue weighted by Crippen LogP contribution is 2.29. The van der Waals surface area contributed by atoms with Crippen molar-refractivity contribution in [3.05, 3.63) is 71.5 Å². The number of aromatic nitrogens is 2. The van der Waals surface area contributed by atoms with Gasteiger partial charge in [-0.15, -0.1) is 0 Å². The van der Waals surface area contributed by atoms with Gasteiger partial charge < -0.3 is 5.32 Å². The first-order chi connectivity index (χ1) is 11.3. The van der Waals surface area contributed by atoms with Gasteiger partial charge in [-0.3, -0.25) is 9.78 Å². The molecule has 0 fully saturated rings. The fraction of sp³-hybridized carbons (Fsp3) is 0.211. The second-order valence-corrected chi connectivity index (χ2v) is 5.86. The van der Waals surface area contributed by atoms with Crippen molar-refractivity contribution in [3.8, 4) is 0 Å². The Hall–Kier alpha value is -2.75. The Kier molecular flexibility index (Phi) is 3.50. The van der Waals surface area contributed by atoms with E-state index in [0.29, 0.717) is 5.69 Å². The lowest BCUT2D eigenvalue weighted by molar-refractivity contribution is 0.0927. The Bertz CT molecular complexity index is 875. The largest absolute Gasteiger partial charge is 0.344 e. The molecule has 114 valence electrons. The Morgan fingerprint density at radius 2 is 1.83 bits per heavy atom. The van der Waals surface area contributed by atoms with Crippen LogP contribution in [-0.4, -0.2) is 15.9 Å². The molecule has 0 radical (unpaired) electrons. The molecule has 1 atom stereocenters. The minimum absolute atomic E-state index is 0.0562. The molecule has 4 heteroatoms. The number of aryl methyl sites for hydroxylation is 1. The molecule has 1 amide bonds. The van der Waals surface area contributed by atoms with Gasteiger partial charge >= 0.3 is 0 Å². The zero-order chi connectivity index (χ0) is 15.6. The molecule has 4 nitrogen and oxygen atoms in total. The van der Waals surface area contributed by atoms with Crippen LogP contribution < -0.4 is 5.32 Å². The Morgan fingerprint density at radius 3 is 2.74 bits per heavy atom. The molecule has 1 aromatic heterocycles. The van der Waals surface area contributed by atoms with E-state index in [-0.39, 0.29) is 11.9 Å². The van der Waals surface area contributed by atoms with Crippen molar-refractivity contribution in [3.63, 3.8) is 0 Å². The molecule has 0 bridgehead atoms. The third kappa shape index (κ3) is 2.68. The van der Waals surface area contributed by atoms with Crippen molar-refractivity contribution in [2.45, 2.75) is 25.3 Å². The van der Waals surface area contributed by atoms with E-state index in [9.17, 15) is 4.79 Å². The van der Waals surface area contributed by atoms with Crippen molar-refractivity contribution >= 4 is 16.9 Å². The number of hydrogen-bond donors (Lipinski definition) is 1. The molecule has 1 aliphatic carbocycles. The SMILES string of the molecule is O=C(N[C@H]1CCCc2ccccc21)c1cnc2ccccc2n1. The zero-order valence-corrected chi connectivity index (χ0v) is 12.7. The number of nitrogens with one attached hydrogen (secondary N) is 1. The van der Waals surface area contributed by atoms with Gasteiger partial charge in [-0.05, 0) is 42.5 Å². The van der Waals surface area contributed by atoms with Crippen LogP contribution >= 0.6 is 0 Å². The molecule has 4 rings (SSSR count). The van der Waals surface area contributed by atoms with Gasteiger partial charge in [0.25, 0.3) is 5.91 Å². The van der Waals surface area contributed by atoms with Crippen LogP contribution in [0.4, 0.5) is 0 Å². The number of benzene rings is 2. The van der Waals surface area contributed by atoms with Gasteiger partial charge in [-0.25, -0.2) is 4.98 Å². The first-order valence-corrected chi connectivity index (χ1v) is 7.92. The highest BCUT2D eigenvalue weighted by atomic mass is 16.1. The summed E-state index contributed by atoms with van der Waals surface area (Å²) in [6.07, 6.45) is 4.68. The van der Waals surface area contributed by atoms with E-state index in [1.165, 1.54) is 11.1 Å². The quantitative estimate of drug-likeness (QED) is 0.789. The van der Waals surface area contributed by atoms with Crippen LogP contribution in [0.1, 0.15) is 40.5 Å². The lowest BCUT2D eigenvalue weighted by atomic mass is 9.88. The van der Waals surface area contributed by atoms with Crippen LogP contribution in [0.25, 0.3) is 11.0 Å². The summed E-state index contributed by atoms with van der Waals surface area (Å²) in [6.45, 7) is 0. The van der Waals surface area contributed by atoms with Crippen molar-refractivity contribution in [1.29, 1.82) is 0 Å². The topological polar surface area (TPSA) is 54.9 Å². The summed E-state index contributed by atoms with van der Waals surface area (Å²) < 4.78 is 0. The summed E-state index contributed by atoms with van der Waals surface area (Å²) in [5.74, 6) is -0.162. The van der Waals surface area contributed by atoms with Gasteiger partial charge in [0.1, 0.15) is 5.69 Å². The number of hydrogen-bond acceptors (Lipinski definition) is 3. The number of amides is 1. The van der Waals surface area contributed by atoms with Gasteiger partial charge in [0.2, 0.25) is 0 Å². The van der Waals surface area contributed by atoms with Gasteiger partial charge in [0, 0.05) is 0 Å². The van der Waals surface area contributed by atoms with E-state index >= 15 is 0 Å². The summed E-state index contributed by atoms with van der Waals surface area (Å²) in [6, 6.07) is 16.0. The van der Waals surface area contributed by atoms with Crippen LogP contribution in [0.5, 0.6) is 0 Å². The first-order valence-electron chi connectivity index (χ1n) is 7.92. The molecule has 1 N–H and O–H groups in total. The maximum atomic E-state index is 12.6. The zero-order valence-electron chi connectivity index (χ0n) is 12.7. The highest BCUT2D eigenvalue weighted by Gasteiger charge is 2.22. The average Bonchev–Trinajstić information content (AvgIpc) is 2.61. The van der Waals surface area contributed by atoms with E-state index < -0.39 is 0 Å². The summed E-state index contributed by atoms with van der Waals surface area (Å²) in [4.78, 5) is 21.3. The summed E-state index contributed by atoms with van der Waals surface area (Å²) in [5, 5.41) is 3.11. The molecule has 1 aliphatic rings. The third-order valence-corrected chi connectivity index (χ3v) is 4.36. The highest BCUT2D eigenvalue weighted by molar-refractivity contribution is 5.94. The fourth-order valence-electron chi connectivity index (χ4n) is 3.20. The number of fused-ring (bicyclic) bond motifs is 2. The fourth-order valence-corrected chi connectivity index (χ4v) is 3.20. The maximum absolute atomic E-state index is 12.6. The summed E-state index contributed by atoms with van der Waals surface area (Å²) in [7, 11) is 0. The van der Waals surface area contributed by atoms with Gasteiger partial charge in [-0.1, -0.05) is 36.4 Å². The van der Waals surface area contributed by atoms with Crippen molar-refractivity contribution in [2.24, 2.45) is 0 Å². The molecule has 0 spiro atoms.